The zero-order chi connectivity index (χ0) is 23.7. The Bertz CT molecular complexity index is 602. The third-order valence-electron chi connectivity index (χ3n) is 6.49. The monoisotopic (exact) mass is 425 g/mol. The van der Waals surface area contributed by atoms with Gasteiger partial charge in [-0.2, -0.15) is 5.06 Å². The van der Waals surface area contributed by atoms with Gasteiger partial charge in [-0.3, -0.25) is 9.59 Å². The summed E-state index contributed by atoms with van der Waals surface area (Å²) < 4.78 is 0. The van der Waals surface area contributed by atoms with Crippen molar-refractivity contribution < 1.29 is 14.8 Å². The summed E-state index contributed by atoms with van der Waals surface area (Å²) in [7, 11) is 0. The van der Waals surface area contributed by atoms with Crippen LogP contribution in [0.15, 0.2) is 0 Å². The molecule has 0 aromatic heterocycles. The fourth-order valence-corrected chi connectivity index (χ4v) is 5.47. The van der Waals surface area contributed by atoms with Crippen molar-refractivity contribution in [2.75, 3.05) is 0 Å². The molecule has 0 spiro atoms. The first-order valence-electron chi connectivity index (χ1n) is 11.3. The quantitative estimate of drug-likeness (QED) is 0.534. The van der Waals surface area contributed by atoms with Crippen molar-refractivity contribution in [2.45, 2.75) is 118 Å². The zero-order valence-electron chi connectivity index (χ0n) is 21.1. The second-order valence-corrected chi connectivity index (χ2v) is 12.8. The van der Waals surface area contributed by atoms with Crippen molar-refractivity contribution in [1.82, 2.24) is 10.4 Å². The Morgan fingerprint density at radius 1 is 1.07 bits per heavy atom. The van der Waals surface area contributed by atoms with Crippen LogP contribution in [0.1, 0.15) is 101 Å². The van der Waals surface area contributed by atoms with Crippen LogP contribution in [-0.2, 0) is 9.59 Å². The van der Waals surface area contributed by atoms with Gasteiger partial charge in [0.2, 0.25) is 11.8 Å². The maximum absolute atomic E-state index is 13.6. The highest BCUT2D eigenvalue weighted by atomic mass is 16.5. The van der Waals surface area contributed by atoms with Gasteiger partial charge in [0.05, 0.1) is 0 Å². The predicted molar refractivity (Wildman–Crippen MR) is 122 cm³/mol. The molecule has 176 valence electrons. The van der Waals surface area contributed by atoms with Crippen LogP contribution >= 0.6 is 0 Å². The number of hydroxylamine groups is 2. The largest absolute Gasteiger partial charge is 0.370 e. The van der Waals surface area contributed by atoms with Crippen LogP contribution < -0.4 is 11.1 Å². The maximum atomic E-state index is 13.6. The first-order valence-corrected chi connectivity index (χ1v) is 11.3. The zero-order valence-corrected chi connectivity index (χ0v) is 21.1. The molecule has 0 bridgehead atoms. The summed E-state index contributed by atoms with van der Waals surface area (Å²) >= 11 is 0. The summed E-state index contributed by atoms with van der Waals surface area (Å²) in [6, 6.07) is 0.00668. The second kappa shape index (κ2) is 9.15. The van der Waals surface area contributed by atoms with Crippen molar-refractivity contribution in [2.24, 2.45) is 28.4 Å². The average Bonchev–Trinajstić information content (AvgIpc) is 2.47. The van der Waals surface area contributed by atoms with E-state index in [1.54, 1.807) is 0 Å². The molecule has 6 heteroatoms. The number of piperidine rings is 1. The Balaban J connectivity index is 3.05. The molecule has 1 rings (SSSR count). The molecule has 1 heterocycles. The minimum atomic E-state index is -0.412. The molecule has 1 fully saturated rings. The summed E-state index contributed by atoms with van der Waals surface area (Å²) in [6.07, 6.45) is 3.25. The van der Waals surface area contributed by atoms with Crippen molar-refractivity contribution in [1.29, 1.82) is 0 Å². The fraction of sp³-hybridized carbons (Fsp3) is 0.917. The highest BCUT2D eigenvalue weighted by molar-refractivity contribution is 5.80. The van der Waals surface area contributed by atoms with Gasteiger partial charge in [0.15, 0.2) is 0 Å². The summed E-state index contributed by atoms with van der Waals surface area (Å²) in [5.74, 6) is -0.269. The topological polar surface area (TPSA) is 95.7 Å². The number of amides is 2. The Morgan fingerprint density at radius 2 is 1.53 bits per heavy atom. The van der Waals surface area contributed by atoms with Gasteiger partial charge >= 0.3 is 0 Å². The summed E-state index contributed by atoms with van der Waals surface area (Å²) in [5, 5.41) is 15.3. The van der Waals surface area contributed by atoms with E-state index < -0.39 is 11.1 Å². The van der Waals surface area contributed by atoms with Crippen molar-refractivity contribution in [3.63, 3.8) is 0 Å². The van der Waals surface area contributed by atoms with Gasteiger partial charge in [-0.25, -0.2) is 0 Å². The molecular formula is C24H47N3O3. The lowest BCUT2D eigenvalue weighted by Gasteiger charge is -2.52. The Kier molecular flexibility index (Phi) is 8.21. The number of nitrogens with two attached hydrogens (primary N) is 1. The summed E-state index contributed by atoms with van der Waals surface area (Å²) in [6.45, 7) is 20.8. The molecule has 4 N–H and O–H groups in total. The van der Waals surface area contributed by atoms with Crippen LogP contribution in [0, 0.1) is 22.7 Å². The smallest absolute Gasteiger partial charge is 0.223 e. The molecule has 2 unspecified atom stereocenters. The predicted octanol–water partition coefficient (Wildman–Crippen LogP) is 4.49. The van der Waals surface area contributed by atoms with Gasteiger partial charge in [0.25, 0.3) is 0 Å². The Morgan fingerprint density at radius 3 is 1.93 bits per heavy atom. The lowest BCUT2D eigenvalue weighted by atomic mass is 9.66. The molecule has 30 heavy (non-hydrogen) atoms. The van der Waals surface area contributed by atoms with E-state index in [-0.39, 0.29) is 40.5 Å². The van der Waals surface area contributed by atoms with Gasteiger partial charge in [-0.1, -0.05) is 41.5 Å². The van der Waals surface area contributed by atoms with Gasteiger partial charge in [0, 0.05) is 29.5 Å². The van der Waals surface area contributed by atoms with Crippen LogP contribution in [0.5, 0.6) is 0 Å². The number of hydrogen-bond acceptors (Lipinski definition) is 4. The van der Waals surface area contributed by atoms with Crippen LogP contribution in [0.25, 0.3) is 0 Å². The SMILES string of the molecule is CC(CC(N)=O)CC(C)(C)C(CC(C)(C)C)C(=O)NC1CC(C)(C)N(O)C(C)(C)C1. The van der Waals surface area contributed by atoms with Crippen molar-refractivity contribution in [3.05, 3.63) is 0 Å². The lowest BCUT2D eigenvalue weighted by Crippen LogP contribution is -2.63. The minimum Gasteiger partial charge on any atom is -0.370 e. The molecule has 2 amide bonds. The van der Waals surface area contributed by atoms with E-state index in [2.05, 4.69) is 39.9 Å². The van der Waals surface area contributed by atoms with E-state index in [9.17, 15) is 14.8 Å². The van der Waals surface area contributed by atoms with Crippen LogP contribution in [-0.4, -0.2) is 39.2 Å². The lowest BCUT2D eigenvalue weighted by molar-refractivity contribution is -0.246. The molecule has 6 nitrogen and oxygen atoms in total. The molecule has 0 aliphatic carbocycles. The van der Waals surface area contributed by atoms with Gasteiger partial charge in [-0.05, 0) is 70.1 Å². The molecule has 1 aliphatic heterocycles. The highest BCUT2D eigenvalue weighted by Gasteiger charge is 2.46. The number of rotatable bonds is 8. The summed E-state index contributed by atoms with van der Waals surface area (Å²) in [5.41, 5.74) is 4.30. The maximum Gasteiger partial charge on any atom is 0.223 e. The molecule has 0 aromatic carbocycles. The third-order valence-corrected chi connectivity index (χ3v) is 6.49. The van der Waals surface area contributed by atoms with Gasteiger partial charge in [0.1, 0.15) is 0 Å². The summed E-state index contributed by atoms with van der Waals surface area (Å²) in [4.78, 5) is 24.9. The molecule has 1 aliphatic rings. The normalized spacial score (nSPS) is 22.4. The van der Waals surface area contributed by atoms with E-state index in [4.69, 9.17) is 5.73 Å². The Labute approximate surface area is 184 Å². The first kappa shape index (κ1) is 26.9. The number of hydrogen-bond donors (Lipinski definition) is 3. The van der Waals surface area contributed by atoms with Gasteiger partial charge < -0.3 is 16.3 Å². The van der Waals surface area contributed by atoms with Crippen LogP contribution in [0.4, 0.5) is 0 Å². The second-order valence-electron chi connectivity index (χ2n) is 12.8. The molecule has 0 aromatic rings. The molecule has 1 saturated heterocycles. The Hall–Kier alpha value is -1.14. The van der Waals surface area contributed by atoms with Crippen molar-refractivity contribution >= 4 is 11.8 Å². The molecule has 0 saturated carbocycles. The van der Waals surface area contributed by atoms with E-state index in [1.165, 1.54) is 5.06 Å². The number of nitrogens with one attached hydrogen (secondary N) is 1. The van der Waals surface area contributed by atoms with E-state index in [1.807, 2.05) is 34.6 Å². The van der Waals surface area contributed by atoms with Gasteiger partial charge in [-0.15, -0.1) is 0 Å². The van der Waals surface area contributed by atoms with Crippen LogP contribution in [0.2, 0.25) is 0 Å². The number of primary amides is 1. The number of carbonyl (C=O) groups is 2. The minimum absolute atomic E-state index is 0.000788. The van der Waals surface area contributed by atoms with Crippen molar-refractivity contribution in [3.8, 4) is 0 Å². The average molecular weight is 426 g/mol. The standard InChI is InChI=1S/C24H47N3O3/c1-16(11-19(25)28)12-22(5,6)18(15-21(2,3)4)20(29)26-17-13-23(7,8)27(30)24(9,10)14-17/h16-18,30H,11-15H2,1-10H3,(H2,25,28)(H,26,29). The third kappa shape index (κ3) is 7.52. The van der Waals surface area contributed by atoms with Crippen LogP contribution in [0.3, 0.4) is 0 Å². The molecular weight excluding hydrogens is 378 g/mol. The number of carbonyl (C=O) groups excluding carboxylic acids is 2. The number of nitrogens with zero attached hydrogens (tertiary/aromatic N) is 1. The molecule has 2 atom stereocenters. The first-order chi connectivity index (χ1) is 13.3. The molecule has 0 radical (unpaired) electrons. The van der Waals surface area contributed by atoms with E-state index in [0.717, 1.165) is 12.8 Å². The van der Waals surface area contributed by atoms with E-state index in [0.29, 0.717) is 19.3 Å². The van der Waals surface area contributed by atoms with E-state index >= 15 is 0 Å². The highest BCUT2D eigenvalue weighted by Crippen LogP contribution is 2.42. The fourth-order valence-electron chi connectivity index (χ4n) is 5.47.